The van der Waals surface area contributed by atoms with Crippen LogP contribution in [0, 0.1) is 6.92 Å². The van der Waals surface area contributed by atoms with Crippen LogP contribution in [0.25, 0.3) is 0 Å². The maximum atomic E-state index is 14.6. The van der Waals surface area contributed by atoms with Crippen molar-refractivity contribution in [3.05, 3.63) is 32.6 Å². The summed E-state index contributed by atoms with van der Waals surface area (Å²) in [4.78, 5) is 25.4. The number of H-pyrrole nitrogens is 1. The molecule has 2 heterocycles. The van der Waals surface area contributed by atoms with Crippen LogP contribution >= 0.6 is 7.60 Å². The second-order valence-corrected chi connectivity index (χ2v) is 8.51. The van der Waals surface area contributed by atoms with Crippen molar-refractivity contribution in [3.63, 3.8) is 0 Å². The molecule has 1 aliphatic rings. The molecule has 9 nitrogen and oxygen atoms in total. The summed E-state index contributed by atoms with van der Waals surface area (Å²) < 4.78 is 57.3. The minimum atomic E-state index is -4.80. The lowest BCUT2D eigenvalue weighted by Crippen LogP contribution is -2.38. The van der Waals surface area contributed by atoms with E-state index in [0.717, 1.165) is 4.57 Å². The fourth-order valence-electron chi connectivity index (χ4n) is 2.85. The summed E-state index contributed by atoms with van der Waals surface area (Å²) in [5.74, 6) is 0. The maximum Gasteiger partial charge on any atom is 0.399 e. The topological polar surface area (TPSA) is 120 Å². The third-order valence-electron chi connectivity index (χ3n) is 4.10. The van der Waals surface area contributed by atoms with E-state index in [0.29, 0.717) is 0 Å². The van der Waals surface area contributed by atoms with Crippen molar-refractivity contribution in [2.45, 2.75) is 51.1 Å². The van der Waals surface area contributed by atoms with Crippen molar-refractivity contribution in [2.24, 2.45) is 0 Å². The molecule has 2 N–H and O–H groups in total. The van der Waals surface area contributed by atoms with Crippen LogP contribution in [0.3, 0.4) is 0 Å². The SMILES string of the molecule is CCOP(=O)(OCC)C(F)(F)C[C@@]1(O)CO[C@@H](n2cc(C)c(=O)[nH]c2=O)C1. The van der Waals surface area contributed by atoms with Crippen LogP contribution < -0.4 is 11.2 Å². The smallest absolute Gasteiger partial charge is 0.387 e. The van der Waals surface area contributed by atoms with Gasteiger partial charge in [-0.25, -0.2) is 4.79 Å². The first-order chi connectivity index (χ1) is 12.5. The van der Waals surface area contributed by atoms with E-state index in [1.165, 1.54) is 27.0 Å². The molecule has 1 fully saturated rings. The van der Waals surface area contributed by atoms with Crippen molar-refractivity contribution in [1.29, 1.82) is 0 Å². The number of hydrogen-bond donors (Lipinski definition) is 2. The van der Waals surface area contributed by atoms with Crippen LogP contribution in [-0.4, -0.2) is 45.7 Å². The Labute approximate surface area is 153 Å². The van der Waals surface area contributed by atoms with E-state index in [1.807, 2.05) is 0 Å². The molecular weight excluding hydrogens is 389 g/mol. The molecule has 0 spiro atoms. The fourth-order valence-corrected chi connectivity index (χ4v) is 4.47. The number of hydrogen-bond acceptors (Lipinski definition) is 7. The van der Waals surface area contributed by atoms with Crippen molar-refractivity contribution >= 4 is 7.60 Å². The Bertz CT molecular complexity index is 830. The number of aryl methyl sites for hydroxylation is 1. The molecule has 1 aromatic heterocycles. The highest BCUT2D eigenvalue weighted by atomic mass is 31.2. The highest BCUT2D eigenvalue weighted by Gasteiger charge is 2.58. The summed E-state index contributed by atoms with van der Waals surface area (Å²) in [5, 5.41) is 10.5. The van der Waals surface area contributed by atoms with Crippen LogP contribution in [-0.2, 0) is 18.3 Å². The summed E-state index contributed by atoms with van der Waals surface area (Å²) in [5.41, 5.74) is -7.18. The maximum absolute atomic E-state index is 14.6. The molecule has 0 bridgehead atoms. The number of nitrogens with zero attached hydrogens (tertiary/aromatic N) is 1. The fraction of sp³-hybridized carbons (Fsp3) is 0.733. The Morgan fingerprint density at radius 2 is 2.00 bits per heavy atom. The first-order valence-electron chi connectivity index (χ1n) is 8.40. The van der Waals surface area contributed by atoms with Crippen LogP contribution in [0.5, 0.6) is 0 Å². The van der Waals surface area contributed by atoms with Crippen LogP contribution in [0.15, 0.2) is 15.8 Å². The minimum Gasteiger partial charge on any atom is -0.387 e. The Morgan fingerprint density at radius 1 is 1.41 bits per heavy atom. The summed E-state index contributed by atoms with van der Waals surface area (Å²) in [6.45, 7) is 3.24. The molecule has 0 saturated carbocycles. The Kier molecular flexibility index (Phi) is 6.43. The lowest BCUT2D eigenvalue weighted by Gasteiger charge is -2.31. The van der Waals surface area contributed by atoms with Gasteiger partial charge in [0.2, 0.25) is 0 Å². The lowest BCUT2D eigenvalue weighted by molar-refractivity contribution is -0.0614. The van der Waals surface area contributed by atoms with Crippen molar-refractivity contribution in [3.8, 4) is 0 Å². The molecule has 27 heavy (non-hydrogen) atoms. The molecule has 1 saturated heterocycles. The van der Waals surface area contributed by atoms with Crippen molar-refractivity contribution < 1.29 is 32.2 Å². The van der Waals surface area contributed by atoms with E-state index in [-0.39, 0.29) is 25.2 Å². The zero-order valence-electron chi connectivity index (χ0n) is 15.2. The monoisotopic (exact) mass is 412 g/mol. The summed E-state index contributed by atoms with van der Waals surface area (Å²) >= 11 is 0. The molecule has 0 aliphatic carbocycles. The summed E-state index contributed by atoms with van der Waals surface area (Å²) in [7, 11) is -4.80. The zero-order chi connectivity index (χ0) is 20.5. The van der Waals surface area contributed by atoms with Crippen LogP contribution in [0.1, 0.15) is 38.5 Å². The number of aliphatic hydroxyl groups is 1. The van der Waals surface area contributed by atoms with Crippen LogP contribution in [0.2, 0.25) is 0 Å². The molecule has 0 aromatic carbocycles. The summed E-state index contributed by atoms with van der Waals surface area (Å²) in [6.07, 6.45) is -1.44. The molecule has 2 atom stereocenters. The third-order valence-corrected chi connectivity index (χ3v) is 6.25. The molecular formula is C15H23F2N2O7P. The molecule has 0 radical (unpaired) electrons. The van der Waals surface area contributed by atoms with E-state index < -0.39 is 49.4 Å². The van der Waals surface area contributed by atoms with Crippen molar-refractivity contribution in [2.75, 3.05) is 19.8 Å². The lowest BCUT2D eigenvalue weighted by atomic mass is 9.98. The zero-order valence-corrected chi connectivity index (χ0v) is 16.1. The molecule has 1 aromatic rings. The average Bonchev–Trinajstić information content (AvgIpc) is 2.92. The normalized spacial score (nSPS) is 23.7. The number of nitrogens with one attached hydrogen (secondary N) is 1. The van der Waals surface area contributed by atoms with Gasteiger partial charge in [-0.2, -0.15) is 8.78 Å². The number of ether oxygens (including phenoxy) is 1. The molecule has 2 rings (SSSR count). The quantitative estimate of drug-likeness (QED) is 0.624. The first kappa shape index (κ1) is 21.9. The van der Waals surface area contributed by atoms with Gasteiger partial charge < -0.3 is 18.9 Å². The van der Waals surface area contributed by atoms with Gasteiger partial charge in [0.15, 0.2) is 0 Å². The van der Waals surface area contributed by atoms with Gasteiger partial charge in [0.05, 0.1) is 31.8 Å². The number of aromatic nitrogens is 2. The molecule has 0 amide bonds. The Balaban J connectivity index is 2.23. The highest BCUT2D eigenvalue weighted by Crippen LogP contribution is 2.64. The van der Waals surface area contributed by atoms with Gasteiger partial charge in [0.25, 0.3) is 5.56 Å². The predicted octanol–water partition coefficient (Wildman–Crippen LogP) is 1.74. The number of alkyl halides is 2. The number of rotatable bonds is 8. The van der Waals surface area contributed by atoms with Gasteiger partial charge in [0.1, 0.15) is 6.23 Å². The standard InChI is InChI=1S/C15H23F2N2O7P/c1-4-25-27(23,26-5-2)15(16,17)8-14(22)6-11(24-9-14)19-7-10(3)12(20)18-13(19)21/h7,11,22H,4-6,8-9H2,1-3H3,(H,18,20,21)/t11-,14-/m1/s1. The van der Waals surface area contributed by atoms with Crippen LogP contribution in [0.4, 0.5) is 8.78 Å². The van der Waals surface area contributed by atoms with E-state index in [4.69, 9.17) is 4.74 Å². The number of halogens is 2. The largest absolute Gasteiger partial charge is 0.399 e. The number of aromatic amines is 1. The molecule has 154 valence electrons. The van der Waals surface area contributed by atoms with Gasteiger partial charge >= 0.3 is 18.9 Å². The molecule has 12 heteroatoms. The molecule has 0 unspecified atom stereocenters. The van der Waals surface area contributed by atoms with Gasteiger partial charge in [-0.3, -0.25) is 18.9 Å². The van der Waals surface area contributed by atoms with Gasteiger partial charge in [-0.05, 0) is 20.8 Å². The first-order valence-corrected chi connectivity index (χ1v) is 9.94. The minimum absolute atomic E-state index is 0.219. The summed E-state index contributed by atoms with van der Waals surface area (Å²) in [6, 6.07) is 0. The van der Waals surface area contributed by atoms with E-state index in [2.05, 4.69) is 14.0 Å². The van der Waals surface area contributed by atoms with E-state index in [1.54, 1.807) is 0 Å². The third kappa shape index (κ3) is 4.55. The average molecular weight is 412 g/mol. The second-order valence-electron chi connectivity index (χ2n) is 6.35. The molecule has 1 aliphatic heterocycles. The predicted molar refractivity (Wildman–Crippen MR) is 91.0 cm³/mol. The van der Waals surface area contributed by atoms with Gasteiger partial charge in [-0.1, -0.05) is 0 Å². The van der Waals surface area contributed by atoms with E-state index >= 15 is 0 Å². The second kappa shape index (κ2) is 7.92. The van der Waals surface area contributed by atoms with Crippen molar-refractivity contribution in [1.82, 2.24) is 9.55 Å². The Hall–Kier alpha value is -1.39. The van der Waals surface area contributed by atoms with Gasteiger partial charge in [0, 0.05) is 18.2 Å². The highest BCUT2D eigenvalue weighted by molar-refractivity contribution is 7.55. The van der Waals surface area contributed by atoms with Gasteiger partial charge in [-0.15, -0.1) is 0 Å². The Morgan fingerprint density at radius 3 is 2.56 bits per heavy atom. The van der Waals surface area contributed by atoms with E-state index in [9.17, 15) is 28.0 Å².